The number of carbonyl (C=O) groups excluding carboxylic acids is 1. The highest BCUT2D eigenvalue weighted by Gasteiger charge is 2.17. The summed E-state index contributed by atoms with van der Waals surface area (Å²) >= 11 is 0. The van der Waals surface area contributed by atoms with Gasteiger partial charge in [-0.05, 0) is 43.7 Å². The molecule has 0 aliphatic rings. The number of nitrogens with one attached hydrogen (secondary N) is 1. The van der Waals surface area contributed by atoms with Crippen LogP contribution in [0.4, 0.5) is 4.39 Å². The molecule has 0 atom stereocenters. The van der Waals surface area contributed by atoms with Crippen molar-refractivity contribution in [1.29, 1.82) is 0 Å². The molecule has 0 spiro atoms. The van der Waals surface area contributed by atoms with E-state index in [1.165, 1.54) is 6.07 Å². The number of halogens is 1. The molecule has 0 saturated carbocycles. The summed E-state index contributed by atoms with van der Waals surface area (Å²) in [6.45, 7) is 4.21. The number of para-hydroxylation sites is 1. The minimum Gasteiger partial charge on any atom is -0.460 e. The Kier molecular flexibility index (Phi) is 4.65. The number of hydrogen-bond acceptors (Lipinski definition) is 3. The predicted octanol–water partition coefficient (Wildman–Crippen LogP) is 5.18. The van der Waals surface area contributed by atoms with Crippen molar-refractivity contribution in [3.8, 4) is 11.5 Å². The molecule has 1 N–H and O–H groups in total. The fraction of sp³-hybridized carbons (Fsp3) is 0.130. The molecule has 0 unspecified atom stereocenters. The maximum atomic E-state index is 14.4. The number of benzene rings is 2. The summed E-state index contributed by atoms with van der Waals surface area (Å²) in [6, 6.07) is 17.7. The summed E-state index contributed by atoms with van der Waals surface area (Å²) < 4.78 is 20.0. The Morgan fingerprint density at radius 3 is 2.57 bits per heavy atom. The monoisotopic (exact) mass is 374 g/mol. The van der Waals surface area contributed by atoms with Crippen LogP contribution in [-0.2, 0) is 6.54 Å². The molecular formula is C23H19FN2O2. The quantitative estimate of drug-likeness (QED) is 0.535. The first kappa shape index (κ1) is 17.9. The van der Waals surface area contributed by atoms with Crippen LogP contribution >= 0.6 is 0 Å². The van der Waals surface area contributed by atoms with E-state index in [4.69, 9.17) is 4.42 Å². The van der Waals surface area contributed by atoms with Gasteiger partial charge in [-0.3, -0.25) is 4.79 Å². The van der Waals surface area contributed by atoms with Crippen molar-refractivity contribution >= 4 is 16.8 Å². The highest BCUT2D eigenvalue weighted by atomic mass is 19.1. The van der Waals surface area contributed by atoms with Crippen LogP contribution in [0.25, 0.3) is 22.4 Å². The van der Waals surface area contributed by atoms with E-state index in [9.17, 15) is 9.18 Å². The lowest BCUT2D eigenvalue weighted by Crippen LogP contribution is -2.23. The zero-order chi connectivity index (χ0) is 19.7. The van der Waals surface area contributed by atoms with Crippen molar-refractivity contribution in [2.45, 2.75) is 20.4 Å². The molecule has 4 nitrogen and oxygen atoms in total. The summed E-state index contributed by atoms with van der Waals surface area (Å²) in [6.07, 6.45) is 0. The molecule has 5 heteroatoms. The van der Waals surface area contributed by atoms with E-state index in [1.54, 1.807) is 30.3 Å². The number of fused-ring (bicyclic) bond motifs is 1. The number of pyridine rings is 1. The van der Waals surface area contributed by atoms with E-state index < -0.39 is 5.82 Å². The van der Waals surface area contributed by atoms with Gasteiger partial charge in [0.15, 0.2) is 5.76 Å². The molecule has 0 saturated heterocycles. The van der Waals surface area contributed by atoms with Crippen molar-refractivity contribution < 1.29 is 13.6 Å². The van der Waals surface area contributed by atoms with Crippen molar-refractivity contribution in [3.05, 3.63) is 88.9 Å². The third-order valence-corrected chi connectivity index (χ3v) is 4.60. The summed E-state index contributed by atoms with van der Waals surface area (Å²) in [5, 5.41) is 3.38. The molecule has 2 aromatic carbocycles. The van der Waals surface area contributed by atoms with Gasteiger partial charge < -0.3 is 9.73 Å². The number of aromatic nitrogens is 1. The summed E-state index contributed by atoms with van der Waals surface area (Å²) in [5.74, 6) is 0.448. The van der Waals surface area contributed by atoms with Gasteiger partial charge in [-0.25, -0.2) is 9.37 Å². The lowest BCUT2D eigenvalue weighted by atomic mass is 10.1. The fourth-order valence-electron chi connectivity index (χ4n) is 3.08. The van der Waals surface area contributed by atoms with Crippen molar-refractivity contribution in [3.63, 3.8) is 0 Å². The van der Waals surface area contributed by atoms with Crippen LogP contribution in [0, 0.1) is 19.7 Å². The Balaban J connectivity index is 1.72. The van der Waals surface area contributed by atoms with Gasteiger partial charge in [0, 0.05) is 11.9 Å². The number of nitrogens with zero attached hydrogens (tertiary/aromatic N) is 1. The van der Waals surface area contributed by atoms with Crippen LogP contribution in [-0.4, -0.2) is 10.9 Å². The molecule has 4 aromatic rings. The van der Waals surface area contributed by atoms with Crippen LogP contribution in [0.3, 0.4) is 0 Å². The zero-order valence-electron chi connectivity index (χ0n) is 15.6. The van der Waals surface area contributed by atoms with Crippen LogP contribution in [0.5, 0.6) is 0 Å². The average molecular weight is 374 g/mol. The maximum Gasteiger partial charge on any atom is 0.252 e. The van der Waals surface area contributed by atoms with Crippen molar-refractivity contribution in [2.75, 3.05) is 0 Å². The molecule has 1 amide bonds. The Bertz CT molecular complexity index is 1160. The van der Waals surface area contributed by atoms with Crippen LogP contribution in [0.15, 0.2) is 65.1 Å². The maximum absolute atomic E-state index is 14.4. The summed E-state index contributed by atoms with van der Waals surface area (Å²) in [7, 11) is 0. The normalized spacial score (nSPS) is 11.0. The van der Waals surface area contributed by atoms with E-state index >= 15 is 0 Å². The van der Waals surface area contributed by atoms with Gasteiger partial charge in [-0.2, -0.15) is 0 Å². The summed E-state index contributed by atoms with van der Waals surface area (Å²) in [5.41, 5.74) is 3.08. The second kappa shape index (κ2) is 7.27. The third kappa shape index (κ3) is 3.51. The van der Waals surface area contributed by atoms with E-state index in [2.05, 4.69) is 10.3 Å². The molecular weight excluding hydrogens is 355 g/mol. The lowest BCUT2D eigenvalue weighted by molar-refractivity contribution is 0.0952. The Morgan fingerprint density at radius 1 is 1.07 bits per heavy atom. The van der Waals surface area contributed by atoms with Gasteiger partial charge in [0.2, 0.25) is 0 Å². The summed E-state index contributed by atoms with van der Waals surface area (Å²) in [4.78, 5) is 17.3. The molecule has 2 aromatic heterocycles. The molecule has 28 heavy (non-hydrogen) atoms. The minimum absolute atomic E-state index is 0.148. The van der Waals surface area contributed by atoms with Gasteiger partial charge in [0.05, 0.1) is 5.56 Å². The molecule has 0 radical (unpaired) electrons. The first-order valence-electron chi connectivity index (χ1n) is 9.01. The highest BCUT2D eigenvalue weighted by Crippen LogP contribution is 2.27. The van der Waals surface area contributed by atoms with E-state index in [1.807, 2.05) is 38.1 Å². The number of carbonyl (C=O) groups is 1. The zero-order valence-corrected chi connectivity index (χ0v) is 15.6. The van der Waals surface area contributed by atoms with Gasteiger partial charge in [-0.15, -0.1) is 0 Å². The van der Waals surface area contributed by atoms with Gasteiger partial charge >= 0.3 is 0 Å². The third-order valence-electron chi connectivity index (χ3n) is 4.60. The average Bonchev–Trinajstić information content (AvgIpc) is 3.13. The topological polar surface area (TPSA) is 55.1 Å². The minimum atomic E-state index is -0.477. The highest BCUT2D eigenvalue weighted by molar-refractivity contribution is 6.07. The Labute approximate surface area is 162 Å². The first-order valence-corrected chi connectivity index (χ1v) is 9.01. The predicted molar refractivity (Wildman–Crippen MR) is 106 cm³/mol. The Hall–Kier alpha value is -3.47. The van der Waals surface area contributed by atoms with E-state index in [0.29, 0.717) is 28.9 Å². The lowest BCUT2D eigenvalue weighted by Gasteiger charge is -2.10. The molecule has 0 aliphatic carbocycles. The second-order valence-electron chi connectivity index (χ2n) is 6.77. The number of rotatable bonds is 4. The van der Waals surface area contributed by atoms with Crippen LogP contribution in [0.1, 0.15) is 27.2 Å². The molecule has 2 heterocycles. The molecule has 4 rings (SSSR count). The van der Waals surface area contributed by atoms with Gasteiger partial charge in [0.25, 0.3) is 5.91 Å². The molecule has 0 aliphatic heterocycles. The number of hydrogen-bond donors (Lipinski definition) is 1. The molecule has 0 fully saturated rings. The second-order valence-corrected chi connectivity index (χ2v) is 6.77. The first-order chi connectivity index (χ1) is 13.5. The van der Waals surface area contributed by atoms with E-state index in [-0.39, 0.29) is 11.4 Å². The van der Waals surface area contributed by atoms with Gasteiger partial charge in [0.1, 0.15) is 22.8 Å². The van der Waals surface area contributed by atoms with Crippen molar-refractivity contribution in [2.24, 2.45) is 0 Å². The molecule has 0 bridgehead atoms. The van der Waals surface area contributed by atoms with E-state index in [0.717, 1.165) is 16.9 Å². The SMILES string of the molecule is Cc1ccc(CNC(=O)c2cc(-c3ccc(C)o3)nc3c(F)cccc23)cc1. The Morgan fingerprint density at radius 2 is 1.86 bits per heavy atom. The smallest absolute Gasteiger partial charge is 0.252 e. The van der Waals surface area contributed by atoms with Crippen LogP contribution in [0.2, 0.25) is 0 Å². The van der Waals surface area contributed by atoms with Crippen LogP contribution < -0.4 is 5.32 Å². The number of furan rings is 1. The fourth-order valence-corrected chi connectivity index (χ4v) is 3.08. The largest absolute Gasteiger partial charge is 0.460 e. The standard InChI is InChI=1S/C23H19FN2O2/c1-14-6-9-16(10-7-14)13-25-23(27)18-12-20(21-11-8-15(2)28-21)26-22-17(18)4-3-5-19(22)24/h3-12H,13H2,1-2H3,(H,25,27). The molecule has 140 valence electrons. The van der Waals surface area contributed by atoms with Crippen molar-refractivity contribution in [1.82, 2.24) is 10.3 Å². The number of amides is 1. The van der Waals surface area contributed by atoms with Gasteiger partial charge in [-0.1, -0.05) is 42.0 Å². The number of aryl methyl sites for hydroxylation is 2.